The number of rotatable bonds is 3. The molecule has 25 heavy (non-hydrogen) atoms. The molecule has 2 aromatic heterocycles. The number of anilines is 1. The highest BCUT2D eigenvalue weighted by atomic mass is 19.1. The van der Waals surface area contributed by atoms with Gasteiger partial charge >= 0.3 is 0 Å². The molecule has 0 aliphatic carbocycles. The van der Waals surface area contributed by atoms with Crippen molar-refractivity contribution in [2.45, 2.75) is 18.6 Å². The number of halogens is 2. The van der Waals surface area contributed by atoms with Crippen LogP contribution in [0.15, 0.2) is 48.8 Å². The first kappa shape index (κ1) is 15.6. The number of nitrogens with two attached hydrogens (primary N) is 1. The molecule has 1 amide bonds. The molecule has 5 nitrogen and oxygen atoms in total. The van der Waals surface area contributed by atoms with Crippen molar-refractivity contribution in [1.29, 1.82) is 0 Å². The van der Waals surface area contributed by atoms with E-state index in [1.54, 1.807) is 35.0 Å². The van der Waals surface area contributed by atoms with Gasteiger partial charge in [-0.15, -0.1) is 0 Å². The second kappa shape index (κ2) is 5.84. The fourth-order valence-electron chi connectivity index (χ4n) is 3.44. The second-order valence-electron chi connectivity index (χ2n) is 6.19. The predicted molar refractivity (Wildman–Crippen MR) is 89.7 cm³/mol. The van der Waals surface area contributed by atoms with Crippen LogP contribution in [0.3, 0.4) is 0 Å². The van der Waals surface area contributed by atoms with Gasteiger partial charge in [-0.2, -0.15) is 5.10 Å². The van der Waals surface area contributed by atoms with Crippen LogP contribution in [-0.4, -0.2) is 28.2 Å². The molecule has 1 aromatic carbocycles. The van der Waals surface area contributed by atoms with Gasteiger partial charge in [0.05, 0.1) is 23.3 Å². The zero-order chi connectivity index (χ0) is 17.6. The van der Waals surface area contributed by atoms with Crippen LogP contribution in [0.5, 0.6) is 0 Å². The van der Waals surface area contributed by atoms with Crippen molar-refractivity contribution in [3.63, 3.8) is 0 Å². The first-order valence-corrected chi connectivity index (χ1v) is 7.96. The predicted octanol–water partition coefficient (Wildman–Crippen LogP) is 2.86. The Labute approximate surface area is 142 Å². The zero-order valence-corrected chi connectivity index (χ0v) is 13.3. The maximum atomic E-state index is 14.1. The van der Waals surface area contributed by atoms with Crippen molar-refractivity contribution in [3.8, 4) is 0 Å². The Bertz CT molecular complexity index is 955. The van der Waals surface area contributed by atoms with E-state index in [4.69, 9.17) is 5.73 Å². The van der Waals surface area contributed by atoms with Crippen molar-refractivity contribution in [3.05, 3.63) is 65.7 Å². The van der Waals surface area contributed by atoms with Gasteiger partial charge in [-0.3, -0.25) is 4.79 Å². The highest BCUT2D eigenvalue weighted by Gasteiger charge is 2.33. The molecule has 128 valence electrons. The largest absolute Gasteiger partial charge is 0.365 e. The van der Waals surface area contributed by atoms with E-state index in [1.165, 1.54) is 18.3 Å². The lowest BCUT2D eigenvalue weighted by Crippen LogP contribution is -2.24. The molecule has 1 aliphatic heterocycles. The Balaban J connectivity index is 1.77. The Kier molecular flexibility index (Phi) is 3.63. The molecule has 1 saturated heterocycles. The number of carbonyl (C=O) groups is 1. The molecule has 1 fully saturated rings. The van der Waals surface area contributed by atoms with Gasteiger partial charge in [0, 0.05) is 24.8 Å². The first-order valence-electron chi connectivity index (χ1n) is 7.96. The Morgan fingerprint density at radius 2 is 2.12 bits per heavy atom. The van der Waals surface area contributed by atoms with Gasteiger partial charge in [-0.25, -0.2) is 13.3 Å². The van der Waals surface area contributed by atoms with E-state index in [0.29, 0.717) is 11.1 Å². The lowest BCUT2D eigenvalue weighted by Gasteiger charge is -2.27. The van der Waals surface area contributed by atoms with Crippen LogP contribution >= 0.6 is 0 Å². The third-order valence-corrected chi connectivity index (χ3v) is 4.59. The molecule has 0 radical (unpaired) electrons. The van der Waals surface area contributed by atoms with Gasteiger partial charge in [0.2, 0.25) is 0 Å². The molecule has 0 saturated carbocycles. The third kappa shape index (κ3) is 2.71. The van der Waals surface area contributed by atoms with E-state index in [0.717, 1.165) is 11.3 Å². The minimum absolute atomic E-state index is 0.206. The average molecular weight is 342 g/mol. The van der Waals surface area contributed by atoms with Crippen LogP contribution < -0.4 is 10.6 Å². The number of hydrogen-bond donors (Lipinski definition) is 1. The molecule has 0 spiro atoms. The van der Waals surface area contributed by atoms with E-state index in [9.17, 15) is 13.6 Å². The van der Waals surface area contributed by atoms with E-state index in [-0.39, 0.29) is 24.8 Å². The molecule has 4 rings (SSSR count). The number of amides is 1. The van der Waals surface area contributed by atoms with Gasteiger partial charge in [0.15, 0.2) is 0 Å². The molecule has 3 aromatic rings. The van der Waals surface area contributed by atoms with Crippen molar-refractivity contribution in [1.82, 2.24) is 9.61 Å². The molecule has 2 N–H and O–H groups in total. The Hall–Kier alpha value is -2.96. The number of carbonyl (C=O) groups excluding carboxylic acids is 1. The molecule has 2 atom stereocenters. The van der Waals surface area contributed by atoms with Crippen LogP contribution in [-0.2, 0) is 0 Å². The summed E-state index contributed by atoms with van der Waals surface area (Å²) in [6.45, 7) is 0.206. The first-order chi connectivity index (χ1) is 12.0. The molecular formula is C18H16F2N4O. The quantitative estimate of drug-likeness (QED) is 0.796. The van der Waals surface area contributed by atoms with Crippen LogP contribution in [0.4, 0.5) is 14.5 Å². The van der Waals surface area contributed by atoms with Gasteiger partial charge in [-0.05, 0) is 29.8 Å². The van der Waals surface area contributed by atoms with Crippen molar-refractivity contribution in [2.24, 2.45) is 5.73 Å². The highest BCUT2D eigenvalue weighted by molar-refractivity contribution is 5.99. The minimum Gasteiger partial charge on any atom is -0.365 e. The number of hydrogen-bond acceptors (Lipinski definition) is 3. The summed E-state index contributed by atoms with van der Waals surface area (Å²) < 4.78 is 29.3. The van der Waals surface area contributed by atoms with Crippen LogP contribution in [0.2, 0.25) is 0 Å². The van der Waals surface area contributed by atoms with E-state index in [2.05, 4.69) is 5.10 Å². The average Bonchev–Trinajstić information content (AvgIpc) is 3.17. The third-order valence-electron chi connectivity index (χ3n) is 4.59. The molecule has 1 aliphatic rings. The topological polar surface area (TPSA) is 63.6 Å². The Morgan fingerprint density at radius 3 is 2.88 bits per heavy atom. The van der Waals surface area contributed by atoms with E-state index >= 15 is 0 Å². The monoisotopic (exact) mass is 342 g/mol. The molecule has 1 unspecified atom stereocenters. The normalized spacial score (nSPS) is 20.3. The molecule has 0 bridgehead atoms. The van der Waals surface area contributed by atoms with E-state index < -0.39 is 12.1 Å². The summed E-state index contributed by atoms with van der Waals surface area (Å²) >= 11 is 0. The lowest BCUT2D eigenvalue weighted by atomic mass is 10.0. The number of aromatic nitrogens is 2. The van der Waals surface area contributed by atoms with E-state index in [1.807, 2.05) is 4.90 Å². The maximum Gasteiger partial charge on any atom is 0.252 e. The Morgan fingerprint density at radius 1 is 1.28 bits per heavy atom. The number of benzene rings is 1. The maximum absolute atomic E-state index is 14.1. The molecular weight excluding hydrogens is 326 g/mol. The summed E-state index contributed by atoms with van der Waals surface area (Å²) in [7, 11) is 0. The molecule has 3 heterocycles. The summed E-state index contributed by atoms with van der Waals surface area (Å²) in [5.74, 6) is -0.916. The fourth-order valence-corrected chi connectivity index (χ4v) is 3.44. The summed E-state index contributed by atoms with van der Waals surface area (Å²) in [5, 5.41) is 4.09. The number of pyridine rings is 1. The van der Waals surface area contributed by atoms with Gasteiger partial charge < -0.3 is 10.6 Å². The summed E-state index contributed by atoms with van der Waals surface area (Å²) in [6, 6.07) is 9.51. The second-order valence-corrected chi connectivity index (χ2v) is 6.19. The summed E-state index contributed by atoms with van der Waals surface area (Å²) in [4.78, 5) is 13.4. The SMILES string of the molecule is NC(=O)c1cnn2ccc(N3C[C@@H](F)CC3c3cccc(F)c3)cc12. The van der Waals surface area contributed by atoms with Gasteiger partial charge in [-0.1, -0.05) is 12.1 Å². The van der Waals surface area contributed by atoms with Gasteiger partial charge in [0.25, 0.3) is 5.91 Å². The number of nitrogens with zero attached hydrogens (tertiary/aromatic N) is 3. The number of alkyl halides is 1. The van der Waals surface area contributed by atoms with Crippen molar-refractivity contribution in [2.75, 3.05) is 11.4 Å². The van der Waals surface area contributed by atoms with Gasteiger partial charge in [0.1, 0.15) is 12.0 Å². The van der Waals surface area contributed by atoms with Crippen LogP contribution in [0.25, 0.3) is 5.52 Å². The smallest absolute Gasteiger partial charge is 0.252 e. The van der Waals surface area contributed by atoms with Crippen LogP contribution in [0, 0.1) is 5.82 Å². The number of primary amides is 1. The minimum atomic E-state index is -1.01. The van der Waals surface area contributed by atoms with Crippen molar-refractivity contribution >= 4 is 17.1 Å². The number of fused-ring (bicyclic) bond motifs is 1. The standard InChI is InChI=1S/C18H16F2N4O/c19-12-3-1-2-11(6-12)16-7-13(20)10-23(16)14-4-5-24-17(8-14)15(9-22-24)18(21)25/h1-6,8-9,13,16H,7,10H2,(H2,21,25)/t13-,16?/m0/s1. The highest BCUT2D eigenvalue weighted by Crippen LogP contribution is 2.38. The lowest BCUT2D eigenvalue weighted by molar-refractivity contribution is 0.100. The van der Waals surface area contributed by atoms with Crippen LogP contribution in [0.1, 0.15) is 28.4 Å². The molecule has 7 heteroatoms. The summed E-state index contributed by atoms with van der Waals surface area (Å²) in [5.41, 5.74) is 7.71. The zero-order valence-electron chi connectivity index (χ0n) is 13.3. The fraction of sp³-hybridized carbons (Fsp3) is 0.222. The summed E-state index contributed by atoms with van der Waals surface area (Å²) in [6.07, 6.45) is 2.39. The van der Waals surface area contributed by atoms with Crippen molar-refractivity contribution < 1.29 is 13.6 Å².